The fourth-order valence-corrected chi connectivity index (χ4v) is 4.09. The van der Waals surface area contributed by atoms with Crippen LogP contribution in [0.3, 0.4) is 0 Å². The van der Waals surface area contributed by atoms with Crippen LogP contribution in [0.5, 0.6) is 0 Å². The van der Waals surface area contributed by atoms with Crippen LogP contribution >= 0.6 is 0 Å². The number of nitrogens with one attached hydrogen (secondary N) is 1. The molecule has 1 spiro atoms. The predicted molar refractivity (Wildman–Crippen MR) is 84.9 cm³/mol. The standard InChI is InChI=1S/C18H27FN2/c1-15(12-16-4-6-17(19)7-5-16)21-11-3-9-18(14-21)8-2-10-20-13-18/h4-7,15,20H,2-3,8-14H2,1H3. The van der Waals surface area contributed by atoms with Crippen LogP contribution in [0.1, 0.15) is 38.2 Å². The van der Waals surface area contributed by atoms with Crippen molar-refractivity contribution in [1.29, 1.82) is 0 Å². The van der Waals surface area contributed by atoms with Gasteiger partial charge in [-0.3, -0.25) is 4.90 Å². The molecule has 0 bridgehead atoms. The van der Waals surface area contributed by atoms with E-state index in [0.717, 1.165) is 6.42 Å². The summed E-state index contributed by atoms with van der Waals surface area (Å²) in [4.78, 5) is 2.65. The molecule has 0 amide bonds. The van der Waals surface area contributed by atoms with Crippen molar-refractivity contribution in [3.05, 3.63) is 35.6 Å². The largest absolute Gasteiger partial charge is 0.316 e. The highest BCUT2D eigenvalue weighted by Crippen LogP contribution is 2.36. The van der Waals surface area contributed by atoms with Gasteiger partial charge in [-0.2, -0.15) is 0 Å². The molecule has 2 saturated heterocycles. The van der Waals surface area contributed by atoms with Crippen LogP contribution in [0.25, 0.3) is 0 Å². The number of hydrogen-bond donors (Lipinski definition) is 1. The normalized spacial score (nSPS) is 28.7. The Morgan fingerprint density at radius 1 is 1.24 bits per heavy atom. The zero-order chi connectivity index (χ0) is 14.7. The smallest absolute Gasteiger partial charge is 0.123 e. The molecule has 0 saturated carbocycles. The van der Waals surface area contributed by atoms with Gasteiger partial charge in [0, 0.05) is 19.1 Å². The van der Waals surface area contributed by atoms with Gasteiger partial charge < -0.3 is 5.32 Å². The zero-order valence-corrected chi connectivity index (χ0v) is 13.1. The summed E-state index contributed by atoms with van der Waals surface area (Å²) in [5.41, 5.74) is 1.75. The van der Waals surface area contributed by atoms with Crippen LogP contribution in [0.15, 0.2) is 24.3 Å². The van der Waals surface area contributed by atoms with E-state index in [1.54, 1.807) is 12.1 Å². The van der Waals surface area contributed by atoms with Crippen LogP contribution in [0, 0.1) is 11.2 Å². The van der Waals surface area contributed by atoms with Crippen molar-refractivity contribution in [2.75, 3.05) is 26.2 Å². The molecule has 1 aromatic rings. The molecule has 1 N–H and O–H groups in total. The maximum Gasteiger partial charge on any atom is 0.123 e. The third-order valence-electron chi connectivity index (χ3n) is 5.32. The van der Waals surface area contributed by atoms with Gasteiger partial charge in [0.1, 0.15) is 5.82 Å². The van der Waals surface area contributed by atoms with Gasteiger partial charge in [-0.25, -0.2) is 4.39 Å². The molecule has 1 aromatic carbocycles. The van der Waals surface area contributed by atoms with Crippen molar-refractivity contribution in [2.45, 2.75) is 45.1 Å². The highest BCUT2D eigenvalue weighted by molar-refractivity contribution is 5.17. The second-order valence-electron chi connectivity index (χ2n) is 7.03. The maximum absolute atomic E-state index is 13.0. The molecule has 21 heavy (non-hydrogen) atoms. The van der Waals surface area contributed by atoms with Crippen LogP contribution in [0.2, 0.25) is 0 Å². The topological polar surface area (TPSA) is 15.3 Å². The van der Waals surface area contributed by atoms with Gasteiger partial charge in [0.15, 0.2) is 0 Å². The van der Waals surface area contributed by atoms with Gasteiger partial charge in [-0.1, -0.05) is 12.1 Å². The van der Waals surface area contributed by atoms with E-state index in [2.05, 4.69) is 17.1 Å². The molecule has 2 aliphatic heterocycles. The summed E-state index contributed by atoms with van der Waals surface area (Å²) in [6.07, 6.45) is 6.40. The SMILES string of the molecule is CC(Cc1ccc(F)cc1)N1CCCC2(CCCNC2)C1. The lowest BCUT2D eigenvalue weighted by Crippen LogP contribution is -2.53. The van der Waals surface area contributed by atoms with Crippen molar-refractivity contribution in [3.8, 4) is 0 Å². The van der Waals surface area contributed by atoms with Crippen molar-refractivity contribution in [3.63, 3.8) is 0 Å². The molecule has 0 radical (unpaired) electrons. The summed E-state index contributed by atoms with van der Waals surface area (Å²) in [5, 5.41) is 3.59. The monoisotopic (exact) mass is 290 g/mol. The lowest BCUT2D eigenvalue weighted by atomic mass is 9.74. The number of hydrogen-bond acceptors (Lipinski definition) is 2. The van der Waals surface area contributed by atoms with E-state index in [1.807, 2.05) is 12.1 Å². The van der Waals surface area contributed by atoms with E-state index in [-0.39, 0.29) is 5.82 Å². The fraction of sp³-hybridized carbons (Fsp3) is 0.667. The van der Waals surface area contributed by atoms with E-state index < -0.39 is 0 Å². The van der Waals surface area contributed by atoms with Gasteiger partial charge in [0.2, 0.25) is 0 Å². The molecule has 3 rings (SSSR count). The molecule has 2 heterocycles. The highest BCUT2D eigenvalue weighted by Gasteiger charge is 2.37. The summed E-state index contributed by atoms with van der Waals surface area (Å²) in [6.45, 7) is 7.13. The summed E-state index contributed by atoms with van der Waals surface area (Å²) >= 11 is 0. The molecular formula is C18H27FN2. The first-order valence-corrected chi connectivity index (χ1v) is 8.36. The van der Waals surface area contributed by atoms with Gasteiger partial charge in [-0.15, -0.1) is 0 Å². The minimum absolute atomic E-state index is 0.142. The van der Waals surface area contributed by atoms with Gasteiger partial charge in [0.25, 0.3) is 0 Å². The molecule has 0 aromatic heterocycles. The van der Waals surface area contributed by atoms with Crippen molar-refractivity contribution in [1.82, 2.24) is 10.2 Å². The summed E-state index contributed by atoms with van der Waals surface area (Å²) < 4.78 is 13.0. The first kappa shape index (κ1) is 15.0. The van der Waals surface area contributed by atoms with E-state index in [1.165, 1.54) is 57.4 Å². The maximum atomic E-state index is 13.0. The Bertz CT molecular complexity index is 445. The number of benzene rings is 1. The quantitative estimate of drug-likeness (QED) is 0.919. The minimum atomic E-state index is -0.142. The molecule has 3 heteroatoms. The minimum Gasteiger partial charge on any atom is -0.316 e. The molecule has 2 atom stereocenters. The van der Waals surface area contributed by atoms with E-state index in [0.29, 0.717) is 11.5 Å². The van der Waals surface area contributed by atoms with Crippen molar-refractivity contribution in [2.24, 2.45) is 5.41 Å². The summed E-state index contributed by atoms with van der Waals surface area (Å²) in [6, 6.07) is 7.53. The Hall–Kier alpha value is -0.930. The Labute approximate surface area is 127 Å². The van der Waals surface area contributed by atoms with Gasteiger partial charge in [0.05, 0.1) is 0 Å². The number of piperidine rings is 2. The zero-order valence-electron chi connectivity index (χ0n) is 13.1. The molecule has 2 fully saturated rings. The van der Waals surface area contributed by atoms with E-state index in [9.17, 15) is 4.39 Å². The lowest BCUT2D eigenvalue weighted by Gasteiger charge is -2.47. The lowest BCUT2D eigenvalue weighted by molar-refractivity contribution is 0.0420. The molecule has 116 valence electrons. The molecule has 2 nitrogen and oxygen atoms in total. The van der Waals surface area contributed by atoms with Crippen molar-refractivity contribution >= 4 is 0 Å². The predicted octanol–water partition coefficient (Wildman–Crippen LogP) is 3.22. The number of nitrogens with zero attached hydrogens (tertiary/aromatic N) is 1. The number of halogens is 1. The molecule has 2 aliphatic rings. The van der Waals surface area contributed by atoms with E-state index in [4.69, 9.17) is 0 Å². The Kier molecular flexibility index (Phi) is 4.60. The van der Waals surface area contributed by atoms with Crippen LogP contribution in [0.4, 0.5) is 4.39 Å². The second kappa shape index (κ2) is 6.45. The third kappa shape index (κ3) is 3.64. The van der Waals surface area contributed by atoms with Crippen molar-refractivity contribution < 1.29 is 4.39 Å². The van der Waals surface area contributed by atoms with Crippen LogP contribution in [-0.4, -0.2) is 37.1 Å². The second-order valence-corrected chi connectivity index (χ2v) is 7.03. The fourth-order valence-electron chi connectivity index (χ4n) is 4.09. The third-order valence-corrected chi connectivity index (χ3v) is 5.32. The first-order valence-electron chi connectivity index (χ1n) is 8.36. The number of rotatable bonds is 3. The molecule has 2 unspecified atom stereocenters. The van der Waals surface area contributed by atoms with Gasteiger partial charge >= 0.3 is 0 Å². The summed E-state index contributed by atoms with van der Waals surface area (Å²) in [7, 11) is 0. The Morgan fingerprint density at radius 2 is 2.00 bits per heavy atom. The first-order chi connectivity index (χ1) is 10.2. The summed E-state index contributed by atoms with van der Waals surface area (Å²) in [5.74, 6) is -0.142. The number of likely N-dealkylation sites (tertiary alicyclic amines) is 1. The molecule has 0 aliphatic carbocycles. The van der Waals surface area contributed by atoms with Crippen LogP contribution in [-0.2, 0) is 6.42 Å². The highest BCUT2D eigenvalue weighted by atomic mass is 19.1. The average Bonchev–Trinajstić information content (AvgIpc) is 2.50. The molecular weight excluding hydrogens is 263 g/mol. The Morgan fingerprint density at radius 3 is 2.71 bits per heavy atom. The average molecular weight is 290 g/mol. The Balaban J connectivity index is 1.61. The van der Waals surface area contributed by atoms with Gasteiger partial charge in [-0.05, 0) is 75.2 Å². The van der Waals surface area contributed by atoms with Crippen LogP contribution < -0.4 is 5.32 Å². The van der Waals surface area contributed by atoms with E-state index >= 15 is 0 Å².